The predicted molar refractivity (Wildman–Crippen MR) is 57.7 cm³/mol. The maximum atomic E-state index is 11.1. The van der Waals surface area contributed by atoms with Crippen molar-refractivity contribution in [2.45, 2.75) is 46.5 Å². The van der Waals surface area contributed by atoms with Crippen LogP contribution < -0.4 is 0 Å². The van der Waals surface area contributed by atoms with Gasteiger partial charge in [-0.25, -0.2) is 0 Å². The van der Waals surface area contributed by atoms with Crippen molar-refractivity contribution in [3.05, 3.63) is 12.7 Å². The molecule has 0 spiro atoms. The van der Waals surface area contributed by atoms with Crippen LogP contribution in [0.25, 0.3) is 0 Å². The number of hydrogen-bond acceptors (Lipinski definition) is 1. The Morgan fingerprint density at radius 3 is 2.46 bits per heavy atom. The van der Waals surface area contributed by atoms with Crippen LogP contribution in [0.1, 0.15) is 46.5 Å². The molecule has 0 heterocycles. The fourth-order valence-corrected chi connectivity index (χ4v) is 1.44. The molecule has 0 aliphatic rings. The normalized spacial score (nSPS) is 15.0. The van der Waals surface area contributed by atoms with Crippen LogP contribution in [0, 0.1) is 11.8 Å². The Balaban J connectivity index is 3.84. The highest BCUT2D eigenvalue weighted by Crippen LogP contribution is 2.21. The topological polar surface area (TPSA) is 17.1 Å². The van der Waals surface area contributed by atoms with Crippen molar-refractivity contribution >= 4 is 5.78 Å². The third-order valence-electron chi connectivity index (χ3n) is 2.83. The predicted octanol–water partition coefficient (Wildman–Crippen LogP) is 3.59. The molecule has 0 radical (unpaired) electrons. The molecule has 0 saturated heterocycles. The van der Waals surface area contributed by atoms with Crippen molar-refractivity contribution in [1.29, 1.82) is 0 Å². The first-order valence-corrected chi connectivity index (χ1v) is 5.29. The van der Waals surface area contributed by atoms with E-state index in [9.17, 15) is 4.79 Å². The van der Waals surface area contributed by atoms with Crippen LogP contribution in [0.2, 0.25) is 0 Å². The summed E-state index contributed by atoms with van der Waals surface area (Å²) in [6.45, 7) is 10.2. The highest BCUT2D eigenvalue weighted by atomic mass is 16.1. The quantitative estimate of drug-likeness (QED) is 0.550. The Hall–Kier alpha value is -0.590. The van der Waals surface area contributed by atoms with Crippen LogP contribution in [0.5, 0.6) is 0 Å². The molecule has 1 nitrogen and oxygen atoms in total. The summed E-state index contributed by atoms with van der Waals surface area (Å²) in [7, 11) is 0. The smallest absolute Gasteiger partial charge is 0.132 e. The Morgan fingerprint density at radius 1 is 1.46 bits per heavy atom. The first-order valence-electron chi connectivity index (χ1n) is 5.29. The summed E-state index contributed by atoms with van der Waals surface area (Å²) in [6.07, 6.45) is 5.53. The maximum Gasteiger partial charge on any atom is 0.132 e. The van der Waals surface area contributed by atoms with Crippen molar-refractivity contribution in [3.63, 3.8) is 0 Å². The Kier molecular flexibility index (Phi) is 6.56. The lowest BCUT2D eigenvalue weighted by Crippen LogP contribution is -2.10. The van der Waals surface area contributed by atoms with Gasteiger partial charge in [0, 0.05) is 12.8 Å². The summed E-state index contributed by atoms with van der Waals surface area (Å²) >= 11 is 0. The maximum absolute atomic E-state index is 11.1. The van der Waals surface area contributed by atoms with E-state index in [-0.39, 0.29) is 0 Å². The zero-order chi connectivity index (χ0) is 10.3. The van der Waals surface area contributed by atoms with Gasteiger partial charge in [0.1, 0.15) is 5.78 Å². The first kappa shape index (κ1) is 12.4. The molecule has 0 bridgehead atoms. The largest absolute Gasteiger partial charge is 0.300 e. The molecule has 76 valence electrons. The van der Waals surface area contributed by atoms with Crippen molar-refractivity contribution in [2.24, 2.45) is 11.8 Å². The molecule has 0 aliphatic heterocycles. The van der Waals surface area contributed by atoms with Gasteiger partial charge in [0.15, 0.2) is 0 Å². The van der Waals surface area contributed by atoms with Crippen molar-refractivity contribution < 1.29 is 4.79 Å². The van der Waals surface area contributed by atoms with E-state index in [0.717, 1.165) is 19.3 Å². The van der Waals surface area contributed by atoms with Gasteiger partial charge in [0.25, 0.3) is 0 Å². The van der Waals surface area contributed by atoms with Gasteiger partial charge < -0.3 is 0 Å². The van der Waals surface area contributed by atoms with E-state index >= 15 is 0 Å². The summed E-state index contributed by atoms with van der Waals surface area (Å²) in [5.41, 5.74) is 0. The standard InChI is InChI=1S/C12H22O/c1-5-10(4)11(6-2)8-9-12(13)7-3/h6,10-11H,2,5,7-9H2,1,3-4H3. The van der Waals surface area contributed by atoms with Crippen LogP contribution >= 0.6 is 0 Å². The Morgan fingerprint density at radius 2 is 2.08 bits per heavy atom. The van der Waals surface area contributed by atoms with Gasteiger partial charge in [-0.1, -0.05) is 33.3 Å². The van der Waals surface area contributed by atoms with Crippen molar-refractivity contribution in [3.8, 4) is 0 Å². The molecule has 0 aromatic heterocycles. The van der Waals surface area contributed by atoms with Gasteiger partial charge in [-0.05, 0) is 18.3 Å². The number of Topliss-reactive ketones (excluding diaryl/α,β-unsaturated/α-hetero) is 1. The number of hydrogen-bond donors (Lipinski definition) is 0. The van der Waals surface area contributed by atoms with Crippen LogP contribution in [0.4, 0.5) is 0 Å². The summed E-state index contributed by atoms with van der Waals surface area (Å²) in [6, 6.07) is 0. The minimum absolute atomic E-state index is 0.371. The minimum Gasteiger partial charge on any atom is -0.300 e. The van der Waals surface area contributed by atoms with Crippen LogP contribution in [0.3, 0.4) is 0 Å². The molecular weight excluding hydrogens is 160 g/mol. The van der Waals surface area contributed by atoms with Crippen molar-refractivity contribution in [2.75, 3.05) is 0 Å². The zero-order valence-electron chi connectivity index (χ0n) is 9.18. The van der Waals surface area contributed by atoms with E-state index in [0.29, 0.717) is 24.0 Å². The summed E-state index contributed by atoms with van der Waals surface area (Å²) in [5.74, 6) is 1.54. The number of rotatable bonds is 7. The molecule has 0 N–H and O–H groups in total. The molecule has 0 aliphatic carbocycles. The SMILES string of the molecule is C=CC(CCC(=O)CC)C(C)CC. The van der Waals surface area contributed by atoms with E-state index in [4.69, 9.17) is 0 Å². The zero-order valence-corrected chi connectivity index (χ0v) is 9.18. The fourth-order valence-electron chi connectivity index (χ4n) is 1.44. The lowest BCUT2D eigenvalue weighted by molar-refractivity contribution is -0.119. The van der Waals surface area contributed by atoms with Crippen molar-refractivity contribution in [1.82, 2.24) is 0 Å². The van der Waals surface area contributed by atoms with Gasteiger partial charge in [-0.15, -0.1) is 6.58 Å². The minimum atomic E-state index is 0.371. The highest BCUT2D eigenvalue weighted by Gasteiger charge is 2.12. The fraction of sp³-hybridized carbons (Fsp3) is 0.750. The summed E-state index contributed by atoms with van der Waals surface area (Å²) in [4.78, 5) is 11.1. The van der Waals surface area contributed by atoms with Gasteiger partial charge in [0.05, 0.1) is 0 Å². The number of carbonyl (C=O) groups excluding carboxylic acids is 1. The highest BCUT2D eigenvalue weighted by molar-refractivity contribution is 5.77. The molecule has 13 heavy (non-hydrogen) atoms. The number of ketones is 1. The molecule has 2 unspecified atom stereocenters. The van der Waals surface area contributed by atoms with E-state index in [1.54, 1.807) is 0 Å². The van der Waals surface area contributed by atoms with Gasteiger partial charge in [-0.3, -0.25) is 4.79 Å². The molecular formula is C12H22O. The molecule has 2 atom stereocenters. The Labute approximate surface area is 82.2 Å². The second-order valence-electron chi connectivity index (χ2n) is 3.72. The number of allylic oxidation sites excluding steroid dienone is 1. The van der Waals surface area contributed by atoms with Crippen LogP contribution in [0.15, 0.2) is 12.7 Å². The molecule has 0 aromatic rings. The Bertz CT molecular complexity index is 161. The first-order chi connectivity index (χ1) is 6.15. The second kappa shape index (κ2) is 6.88. The van der Waals surface area contributed by atoms with E-state index in [1.165, 1.54) is 0 Å². The third-order valence-corrected chi connectivity index (χ3v) is 2.83. The molecule has 0 aromatic carbocycles. The average molecular weight is 182 g/mol. The van der Waals surface area contributed by atoms with Crippen LogP contribution in [-0.4, -0.2) is 5.78 Å². The summed E-state index contributed by atoms with van der Waals surface area (Å²) < 4.78 is 0. The van der Waals surface area contributed by atoms with E-state index in [2.05, 4.69) is 20.4 Å². The van der Waals surface area contributed by atoms with Gasteiger partial charge >= 0.3 is 0 Å². The molecule has 1 heteroatoms. The van der Waals surface area contributed by atoms with Crippen LogP contribution in [-0.2, 0) is 4.79 Å². The number of carbonyl (C=O) groups is 1. The monoisotopic (exact) mass is 182 g/mol. The lowest BCUT2D eigenvalue weighted by atomic mass is 9.87. The second-order valence-corrected chi connectivity index (χ2v) is 3.72. The molecule has 0 amide bonds. The van der Waals surface area contributed by atoms with E-state index < -0.39 is 0 Å². The van der Waals surface area contributed by atoms with Gasteiger partial charge in [0.2, 0.25) is 0 Å². The summed E-state index contributed by atoms with van der Waals surface area (Å²) in [5, 5.41) is 0. The molecule has 0 rings (SSSR count). The van der Waals surface area contributed by atoms with E-state index in [1.807, 2.05) is 13.0 Å². The van der Waals surface area contributed by atoms with Gasteiger partial charge in [-0.2, -0.15) is 0 Å². The molecule has 0 fully saturated rings. The third kappa shape index (κ3) is 4.87. The lowest BCUT2D eigenvalue weighted by Gasteiger charge is -2.18. The average Bonchev–Trinajstić information content (AvgIpc) is 2.17. The molecule has 0 saturated carbocycles.